The zero-order valence-corrected chi connectivity index (χ0v) is 19.0. The summed E-state index contributed by atoms with van der Waals surface area (Å²) in [5.41, 5.74) is 0. The van der Waals surface area contributed by atoms with E-state index < -0.39 is 27.9 Å². The van der Waals surface area contributed by atoms with Gasteiger partial charge in [0.1, 0.15) is 0 Å². The number of hydrogen-bond donors (Lipinski definition) is 0. The van der Waals surface area contributed by atoms with Crippen molar-refractivity contribution in [2.75, 3.05) is 26.2 Å². The number of rotatable bonds is 7. The molecule has 3 atom stereocenters. The summed E-state index contributed by atoms with van der Waals surface area (Å²) < 4.78 is 27.6. The lowest BCUT2D eigenvalue weighted by molar-refractivity contribution is -0.134. The largest absolute Gasteiger partial charge is 0.337 e. The fourth-order valence-corrected chi connectivity index (χ4v) is 6.99. The zero-order chi connectivity index (χ0) is 22.0. The first-order valence-corrected chi connectivity index (χ1v) is 12.9. The first kappa shape index (κ1) is 22.2. The molecule has 3 saturated heterocycles. The topological polar surface area (TPSA) is 90.9 Å². The summed E-state index contributed by atoms with van der Waals surface area (Å²) in [6.07, 6.45) is 7.26. The lowest BCUT2D eigenvalue weighted by Crippen LogP contribution is -2.44. The summed E-state index contributed by atoms with van der Waals surface area (Å²) in [4.78, 5) is 34.5. The normalized spacial score (nSPS) is 27.0. The fraction of sp³-hybridized carbons (Fsp3) is 0.682. The van der Waals surface area contributed by atoms with Crippen molar-refractivity contribution in [3.8, 4) is 0 Å². The lowest BCUT2D eigenvalue weighted by Gasteiger charge is -2.30. The SMILES string of the molecule is CCC[C@H]1C(=O)N(S(=O)(=O)c2ccccn2)[C@H]2CCN(C(=O)CCN3CCCCC3)[C@H]12. The summed E-state index contributed by atoms with van der Waals surface area (Å²) >= 11 is 0. The van der Waals surface area contributed by atoms with Crippen LogP contribution in [-0.4, -0.2) is 77.6 Å². The Balaban J connectivity index is 1.54. The van der Waals surface area contributed by atoms with E-state index in [0.29, 0.717) is 25.8 Å². The minimum atomic E-state index is -4.05. The molecule has 4 rings (SSSR count). The van der Waals surface area contributed by atoms with Crippen molar-refractivity contribution < 1.29 is 18.0 Å². The molecule has 31 heavy (non-hydrogen) atoms. The van der Waals surface area contributed by atoms with Crippen molar-refractivity contribution in [3.05, 3.63) is 24.4 Å². The maximum atomic E-state index is 13.3. The molecule has 3 aliphatic rings. The molecule has 8 nitrogen and oxygen atoms in total. The highest BCUT2D eigenvalue weighted by Crippen LogP contribution is 2.41. The number of carbonyl (C=O) groups is 2. The second-order valence-corrected chi connectivity index (χ2v) is 10.6. The van der Waals surface area contributed by atoms with Crippen LogP contribution in [0.25, 0.3) is 0 Å². The monoisotopic (exact) mass is 448 g/mol. The first-order chi connectivity index (χ1) is 14.9. The molecule has 0 aliphatic carbocycles. The van der Waals surface area contributed by atoms with Crippen molar-refractivity contribution >= 4 is 21.8 Å². The van der Waals surface area contributed by atoms with E-state index in [0.717, 1.165) is 30.4 Å². The summed E-state index contributed by atoms with van der Waals surface area (Å²) in [5, 5.41) is -0.117. The molecule has 2 amide bonds. The predicted octanol–water partition coefficient (Wildman–Crippen LogP) is 1.87. The molecule has 9 heteroatoms. The molecule has 170 valence electrons. The van der Waals surface area contributed by atoms with E-state index in [1.54, 1.807) is 17.0 Å². The molecule has 0 saturated carbocycles. The van der Waals surface area contributed by atoms with Gasteiger partial charge in [-0.3, -0.25) is 9.59 Å². The van der Waals surface area contributed by atoms with Crippen LogP contribution in [0.5, 0.6) is 0 Å². The summed E-state index contributed by atoms with van der Waals surface area (Å²) in [5.74, 6) is -0.838. The van der Waals surface area contributed by atoms with Gasteiger partial charge in [-0.2, -0.15) is 8.42 Å². The highest BCUT2D eigenvalue weighted by atomic mass is 32.2. The number of aromatic nitrogens is 1. The highest BCUT2D eigenvalue weighted by Gasteiger charge is 2.58. The van der Waals surface area contributed by atoms with Crippen LogP contribution in [0.2, 0.25) is 0 Å². The molecule has 0 radical (unpaired) electrons. The summed E-state index contributed by atoms with van der Waals surface area (Å²) in [6.45, 7) is 5.28. The van der Waals surface area contributed by atoms with Gasteiger partial charge in [0.2, 0.25) is 11.8 Å². The van der Waals surface area contributed by atoms with Gasteiger partial charge in [-0.25, -0.2) is 9.29 Å². The van der Waals surface area contributed by atoms with Gasteiger partial charge in [0.25, 0.3) is 10.0 Å². The number of piperidine rings is 1. The average Bonchev–Trinajstić information content (AvgIpc) is 3.32. The van der Waals surface area contributed by atoms with Crippen molar-refractivity contribution in [1.82, 2.24) is 19.1 Å². The molecular weight excluding hydrogens is 416 g/mol. The average molecular weight is 449 g/mol. The van der Waals surface area contributed by atoms with Gasteiger partial charge in [-0.05, 0) is 50.9 Å². The first-order valence-electron chi connectivity index (χ1n) is 11.5. The molecule has 1 aromatic rings. The van der Waals surface area contributed by atoms with E-state index in [2.05, 4.69) is 9.88 Å². The lowest BCUT2D eigenvalue weighted by atomic mass is 9.94. The van der Waals surface area contributed by atoms with Crippen LogP contribution in [0.15, 0.2) is 29.4 Å². The Morgan fingerprint density at radius 2 is 1.94 bits per heavy atom. The maximum Gasteiger partial charge on any atom is 0.284 e. The Morgan fingerprint density at radius 1 is 1.16 bits per heavy atom. The number of nitrogens with zero attached hydrogens (tertiary/aromatic N) is 4. The van der Waals surface area contributed by atoms with Gasteiger partial charge in [0, 0.05) is 25.7 Å². The smallest absolute Gasteiger partial charge is 0.284 e. The van der Waals surface area contributed by atoms with E-state index >= 15 is 0 Å². The van der Waals surface area contributed by atoms with Crippen LogP contribution in [0, 0.1) is 5.92 Å². The third-order valence-corrected chi connectivity index (χ3v) is 8.58. The molecule has 1 aromatic heterocycles. The molecule has 0 N–H and O–H groups in total. The van der Waals surface area contributed by atoms with Crippen LogP contribution < -0.4 is 0 Å². The number of carbonyl (C=O) groups excluding carboxylic acids is 2. The Kier molecular flexibility index (Phi) is 6.62. The van der Waals surface area contributed by atoms with Crippen LogP contribution >= 0.6 is 0 Å². The number of fused-ring (bicyclic) bond motifs is 1. The Labute approximate surface area is 184 Å². The van der Waals surface area contributed by atoms with Gasteiger partial charge < -0.3 is 9.80 Å². The second-order valence-electron chi connectivity index (χ2n) is 8.79. The second kappa shape index (κ2) is 9.24. The molecule has 4 heterocycles. The summed E-state index contributed by atoms with van der Waals surface area (Å²) in [7, 11) is -4.05. The molecule has 0 spiro atoms. The molecule has 0 aromatic carbocycles. The quantitative estimate of drug-likeness (QED) is 0.633. The fourth-order valence-electron chi connectivity index (χ4n) is 5.39. The molecular formula is C22H32N4O4S. The van der Waals surface area contributed by atoms with E-state index in [1.807, 2.05) is 6.92 Å². The van der Waals surface area contributed by atoms with Gasteiger partial charge in [-0.15, -0.1) is 0 Å². The third kappa shape index (κ3) is 4.22. The molecule has 3 aliphatic heterocycles. The van der Waals surface area contributed by atoms with Crippen molar-refractivity contribution in [2.45, 2.75) is 69.0 Å². The van der Waals surface area contributed by atoms with Crippen LogP contribution in [0.3, 0.4) is 0 Å². The van der Waals surface area contributed by atoms with E-state index in [4.69, 9.17) is 0 Å². The molecule has 0 unspecified atom stereocenters. The van der Waals surface area contributed by atoms with Crippen molar-refractivity contribution in [2.24, 2.45) is 5.92 Å². The van der Waals surface area contributed by atoms with Crippen LogP contribution in [0.4, 0.5) is 0 Å². The van der Waals surface area contributed by atoms with Crippen LogP contribution in [0.1, 0.15) is 51.9 Å². The Morgan fingerprint density at radius 3 is 2.61 bits per heavy atom. The van der Waals surface area contributed by atoms with E-state index in [9.17, 15) is 18.0 Å². The van der Waals surface area contributed by atoms with Gasteiger partial charge in [0.05, 0.1) is 18.0 Å². The molecule has 0 bridgehead atoms. The molecule has 3 fully saturated rings. The zero-order valence-electron chi connectivity index (χ0n) is 18.1. The third-order valence-electron chi connectivity index (χ3n) is 6.84. The maximum absolute atomic E-state index is 13.3. The standard InChI is InChI=1S/C22H32N4O4S/c1-2-8-17-21-18(26(22(17)28)31(29,30)19-9-4-5-12-23-19)10-16-25(21)20(27)11-15-24-13-6-3-7-14-24/h4-5,9,12,17-18,21H,2-3,6-8,10-11,13-16H2,1H3/t17-,18+,21-/m1/s1. The highest BCUT2D eigenvalue weighted by molar-refractivity contribution is 7.89. The number of amides is 2. The number of hydrogen-bond acceptors (Lipinski definition) is 6. The van der Waals surface area contributed by atoms with Crippen molar-refractivity contribution in [3.63, 3.8) is 0 Å². The predicted molar refractivity (Wildman–Crippen MR) is 115 cm³/mol. The number of pyridine rings is 1. The van der Waals surface area contributed by atoms with E-state index in [-0.39, 0.29) is 17.0 Å². The van der Waals surface area contributed by atoms with Gasteiger partial charge in [0.15, 0.2) is 5.03 Å². The minimum absolute atomic E-state index is 0.0315. The van der Waals surface area contributed by atoms with Crippen molar-refractivity contribution in [1.29, 1.82) is 0 Å². The van der Waals surface area contributed by atoms with Gasteiger partial charge in [-0.1, -0.05) is 25.8 Å². The Bertz CT molecular complexity index is 901. The number of likely N-dealkylation sites (tertiary alicyclic amines) is 2. The van der Waals surface area contributed by atoms with Crippen LogP contribution in [-0.2, 0) is 19.6 Å². The Hall–Kier alpha value is -2.00. The summed E-state index contributed by atoms with van der Waals surface area (Å²) in [6, 6.07) is 3.79. The van der Waals surface area contributed by atoms with E-state index in [1.165, 1.54) is 31.5 Å². The van der Waals surface area contributed by atoms with Gasteiger partial charge >= 0.3 is 0 Å². The number of sulfonamides is 1. The minimum Gasteiger partial charge on any atom is -0.337 e.